The molecule has 2 aromatic carbocycles. The van der Waals surface area contributed by atoms with Crippen LogP contribution in [0.5, 0.6) is 0 Å². The van der Waals surface area contributed by atoms with E-state index in [9.17, 15) is 0 Å². The number of hydrogen-bond acceptors (Lipinski definition) is 0. The summed E-state index contributed by atoms with van der Waals surface area (Å²) in [6, 6.07) is 17.6. The van der Waals surface area contributed by atoms with Crippen LogP contribution in [-0.2, 0) is 22.6 Å². The van der Waals surface area contributed by atoms with Crippen molar-refractivity contribution in [1.29, 1.82) is 0 Å². The summed E-state index contributed by atoms with van der Waals surface area (Å²) in [6.45, 7) is 9.36. The molecule has 2 rings (SSSR count). The smallest absolute Gasteiger partial charge is 0.0474 e. The molecule has 0 aliphatic carbocycles. The van der Waals surface area contributed by atoms with Gasteiger partial charge in [-0.1, -0.05) is 76.2 Å². The van der Waals surface area contributed by atoms with Crippen molar-refractivity contribution in [1.82, 2.24) is 0 Å². The van der Waals surface area contributed by atoms with Crippen LogP contribution >= 0.6 is 23.2 Å². The third kappa shape index (κ3) is 3.37. The standard InChI is InChI=1S/C22H28Cl2/c1-5-21(3,19-11-7-17(15-23)8-12-19)22(4,6-2)20-13-9-18(16-24)10-14-20/h7-14H,5-6,15-16H2,1-4H3. The largest absolute Gasteiger partial charge is 0.122 e. The van der Waals surface area contributed by atoms with Gasteiger partial charge in [0.1, 0.15) is 0 Å². The first kappa shape index (κ1) is 19.3. The van der Waals surface area contributed by atoms with E-state index in [2.05, 4.69) is 76.2 Å². The minimum Gasteiger partial charge on any atom is -0.122 e. The maximum Gasteiger partial charge on any atom is 0.0474 e. The quantitative estimate of drug-likeness (QED) is 0.456. The minimum absolute atomic E-state index is 0.0507. The molecule has 0 heterocycles. The van der Waals surface area contributed by atoms with E-state index in [1.54, 1.807) is 0 Å². The van der Waals surface area contributed by atoms with Gasteiger partial charge in [-0.25, -0.2) is 0 Å². The van der Waals surface area contributed by atoms with Gasteiger partial charge in [0.25, 0.3) is 0 Å². The van der Waals surface area contributed by atoms with E-state index in [0.717, 1.165) is 12.8 Å². The van der Waals surface area contributed by atoms with Gasteiger partial charge in [0.15, 0.2) is 0 Å². The van der Waals surface area contributed by atoms with Crippen LogP contribution in [0, 0.1) is 0 Å². The van der Waals surface area contributed by atoms with E-state index in [0.29, 0.717) is 11.8 Å². The average molecular weight is 363 g/mol. The minimum atomic E-state index is 0.0507. The van der Waals surface area contributed by atoms with Crippen molar-refractivity contribution in [3.8, 4) is 0 Å². The van der Waals surface area contributed by atoms with Crippen molar-refractivity contribution in [2.24, 2.45) is 0 Å². The topological polar surface area (TPSA) is 0 Å². The summed E-state index contributed by atoms with van der Waals surface area (Å²) in [5.74, 6) is 1.13. The zero-order chi connectivity index (χ0) is 17.8. The molecule has 0 saturated heterocycles. The first-order chi connectivity index (χ1) is 11.4. The number of halogens is 2. The molecular weight excluding hydrogens is 335 g/mol. The van der Waals surface area contributed by atoms with Gasteiger partial charge in [0, 0.05) is 22.6 Å². The summed E-state index contributed by atoms with van der Waals surface area (Å²) in [5.41, 5.74) is 5.20. The van der Waals surface area contributed by atoms with Gasteiger partial charge in [0.05, 0.1) is 0 Å². The predicted molar refractivity (Wildman–Crippen MR) is 107 cm³/mol. The Balaban J connectivity index is 2.52. The van der Waals surface area contributed by atoms with Crippen LogP contribution in [0.25, 0.3) is 0 Å². The lowest BCUT2D eigenvalue weighted by Gasteiger charge is -2.47. The van der Waals surface area contributed by atoms with Crippen LogP contribution < -0.4 is 0 Å². The SMILES string of the molecule is CCC(C)(c1ccc(CCl)cc1)C(C)(CC)c1ccc(CCl)cc1. The Morgan fingerprint density at radius 3 is 1.12 bits per heavy atom. The fourth-order valence-corrected chi connectivity index (χ4v) is 4.11. The lowest BCUT2D eigenvalue weighted by molar-refractivity contribution is 0.234. The Kier molecular flexibility index (Phi) is 6.39. The second-order valence-corrected chi connectivity index (χ2v) is 7.57. The van der Waals surface area contributed by atoms with E-state index in [4.69, 9.17) is 23.2 Å². The Labute approximate surface area is 157 Å². The number of hydrogen-bond donors (Lipinski definition) is 0. The number of alkyl halides is 2. The molecule has 0 radical (unpaired) electrons. The zero-order valence-electron chi connectivity index (χ0n) is 15.2. The summed E-state index contributed by atoms with van der Waals surface area (Å²) in [7, 11) is 0. The molecule has 0 saturated carbocycles. The summed E-state index contributed by atoms with van der Waals surface area (Å²) < 4.78 is 0. The van der Waals surface area contributed by atoms with Crippen molar-refractivity contribution in [2.45, 2.75) is 63.1 Å². The first-order valence-electron chi connectivity index (χ1n) is 8.76. The summed E-state index contributed by atoms with van der Waals surface area (Å²) in [5, 5.41) is 0. The summed E-state index contributed by atoms with van der Waals surface area (Å²) in [4.78, 5) is 0. The molecule has 2 aromatic rings. The molecule has 0 aliphatic heterocycles. The van der Waals surface area contributed by atoms with E-state index >= 15 is 0 Å². The summed E-state index contributed by atoms with van der Waals surface area (Å²) in [6.07, 6.45) is 2.16. The molecule has 0 spiro atoms. The number of rotatable bonds is 7. The number of benzene rings is 2. The molecule has 0 fully saturated rings. The van der Waals surface area contributed by atoms with E-state index in [-0.39, 0.29) is 10.8 Å². The van der Waals surface area contributed by atoms with Crippen LogP contribution in [0.3, 0.4) is 0 Å². The average Bonchev–Trinajstić information content (AvgIpc) is 2.66. The molecule has 0 N–H and O–H groups in total. The highest BCUT2D eigenvalue weighted by atomic mass is 35.5. The second-order valence-electron chi connectivity index (χ2n) is 7.03. The van der Waals surface area contributed by atoms with Crippen molar-refractivity contribution in [3.63, 3.8) is 0 Å². The van der Waals surface area contributed by atoms with Gasteiger partial charge in [-0.2, -0.15) is 0 Å². The molecule has 0 aliphatic rings. The highest BCUT2D eigenvalue weighted by molar-refractivity contribution is 6.17. The van der Waals surface area contributed by atoms with Crippen molar-refractivity contribution in [3.05, 3.63) is 70.8 Å². The first-order valence-corrected chi connectivity index (χ1v) is 9.82. The van der Waals surface area contributed by atoms with Gasteiger partial charge < -0.3 is 0 Å². The van der Waals surface area contributed by atoms with Gasteiger partial charge in [-0.3, -0.25) is 0 Å². The maximum absolute atomic E-state index is 5.96. The third-order valence-corrected chi connectivity index (χ3v) is 6.74. The maximum atomic E-state index is 5.96. The lowest BCUT2D eigenvalue weighted by atomic mass is 9.56. The Morgan fingerprint density at radius 1 is 0.625 bits per heavy atom. The van der Waals surface area contributed by atoms with Gasteiger partial charge in [0.2, 0.25) is 0 Å². The third-order valence-electron chi connectivity index (χ3n) is 6.12. The Hall–Kier alpha value is -0.980. The molecule has 0 bridgehead atoms. The highest BCUT2D eigenvalue weighted by Gasteiger charge is 2.44. The molecule has 0 amide bonds. The molecule has 130 valence electrons. The Morgan fingerprint density at radius 2 is 0.917 bits per heavy atom. The molecule has 2 heteroatoms. The predicted octanol–water partition coefficient (Wildman–Crippen LogP) is 7.20. The second kappa shape index (κ2) is 7.93. The van der Waals surface area contributed by atoms with Gasteiger partial charge >= 0.3 is 0 Å². The highest BCUT2D eigenvalue weighted by Crippen LogP contribution is 2.48. The molecule has 0 aromatic heterocycles. The molecule has 2 atom stereocenters. The van der Waals surface area contributed by atoms with E-state index in [1.165, 1.54) is 22.3 Å². The van der Waals surface area contributed by atoms with E-state index < -0.39 is 0 Å². The monoisotopic (exact) mass is 362 g/mol. The lowest BCUT2D eigenvalue weighted by Crippen LogP contribution is -2.44. The van der Waals surface area contributed by atoms with Crippen LogP contribution in [0.15, 0.2) is 48.5 Å². The van der Waals surface area contributed by atoms with Crippen LogP contribution in [0.4, 0.5) is 0 Å². The fraction of sp³-hybridized carbons (Fsp3) is 0.455. The molecule has 0 nitrogen and oxygen atoms in total. The van der Waals surface area contributed by atoms with Crippen LogP contribution in [0.2, 0.25) is 0 Å². The van der Waals surface area contributed by atoms with Gasteiger partial charge in [-0.15, -0.1) is 23.2 Å². The summed E-state index contributed by atoms with van der Waals surface area (Å²) >= 11 is 11.9. The van der Waals surface area contributed by atoms with Crippen molar-refractivity contribution < 1.29 is 0 Å². The molecular formula is C22H28Cl2. The van der Waals surface area contributed by atoms with E-state index in [1.807, 2.05) is 0 Å². The van der Waals surface area contributed by atoms with Crippen molar-refractivity contribution >= 4 is 23.2 Å². The zero-order valence-corrected chi connectivity index (χ0v) is 16.7. The molecule has 24 heavy (non-hydrogen) atoms. The fourth-order valence-electron chi connectivity index (χ4n) is 3.75. The normalized spacial score (nSPS) is 16.4. The van der Waals surface area contributed by atoms with Crippen molar-refractivity contribution in [2.75, 3.05) is 0 Å². The van der Waals surface area contributed by atoms with Gasteiger partial charge in [-0.05, 0) is 35.1 Å². The Bertz CT molecular complexity index is 585. The molecule has 2 unspecified atom stereocenters. The van der Waals surface area contributed by atoms with Crippen LogP contribution in [-0.4, -0.2) is 0 Å². The van der Waals surface area contributed by atoms with Crippen LogP contribution in [0.1, 0.15) is 62.8 Å².